The van der Waals surface area contributed by atoms with Gasteiger partial charge in [-0.05, 0) is 49.2 Å². The molecular weight excluding hydrogens is 364 g/mol. The van der Waals surface area contributed by atoms with E-state index in [-0.39, 0.29) is 0 Å². The first-order valence-corrected chi connectivity index (χ1v) is 8.90. The lowest BCUT2D eigenvalue weighted by molar-refractivity contribution is -0.0199. The highest BCUT2D eigenvalue weighted by Gasteiger charge is 2.17. The van der Waals surface area contributed by atoms with Crippen molar-refractivity contribution in [1.82, 2.24) is 5.06 Å². The zero-order chi connectivity index (χ0) is 16.9. The minimum atomic E-state index is 0.763. The van der Waals surface area contributed by atoms with Crippen LogP contribution >= 0.6 is 15.9 Å². The van der Waals surface area contributed by atoms with Crippen molar-refractivity contribution >= 4 is 21.6 Å². The minimum Gasteiger partial charge on any atom is -0.406 e. The Morgan fingerprint density at radius 2 is 2.00 bits per heavy atom. The van der Waals surface area contributed by atoms with Crippen LogP contribution in [-0.4, -0.2) is 30.9 Å². The first kappa shape index (κ1) is 16.9. The molecule has 124 valence electrons. The Balaban J connectivity index is 1.83. The molecule has 0 atom stereocenters. The number of aliphatic imine (C=N–C) groups is 1. The lowest BCUT2D eigenvalue weighted by Crippen LogP contribution is -2.23. The molecule has 1 aliphatic rings. The van der Waals surface area contributed by atoms with Gasteiger partial charge in [-0.25, -0.2) is 0 Å². The summed E-state index contributed by atoms with van der Waals surface area (Å²) in [6.07, 6.45) is 5.04. The van der Waals surface area contributed by atoms with Gasteiger partial charge in [0.25, 0.3) is 0 Å². The maximum Gasteiger partial charge on any atom is 0.147 e. The van der Waals surface area contributed by atoms with Gasteiger partial charge in [-0.3, -0.25) is 4.99 Å². The Kier molecular flexibility index (Phi) is 5.48. The van der Waals surface area contributed by atoms with Crippen molar-refractivity contribution in [2.24, 2.45) is 4.99 Å². The van der Waals surface area contributed by atoms with E-state index in [1.807, 2.05) is 31.2 Å². The first-order valence-electron chi connectivity index (χ1n) is 8.11. The third kappa shape index (κ3) is 3.94. The lowest BCUT2D eigenvalue weighted by atomic mass is 9.93. The Hall–Kier alpha value is -1.91. The summed E-state index contributed by atoms with van der Waals surface area (Å²) in [5, 5.41) is 1.83. The van der Waals surface area contributed by atoms with Crippen molar-refractivity contribution in [3.05, 3.63) is 75.8 Å². The molecule has 0 fully saturated rings. The summed E-state index contributed by atoms with van der Waals surface area (Å²) < 4.78 is 1.08. The molecule has 24 heavy (non-hydrogen) atoms. The number of likely N-dealkylation sites (N-methyl/N-ethyl adjacent to an activating group) is 1. The second-order valence-corrected chi connectivity index (χ2v) is 6.69. The summed E-state index contributed by atoms with van der Waals surface area (Å²) in [7, 11) is 1.94. The van der Waals surface area contributed by atoms with Crippen LogP contribution in [0.3, 0.4) is 0 Å². The number of rotatable bonds is 5. The normalized spacial score (nSPS) is 13.9. The first-order chi connectivity index (χ1) is 11.7. The van der Waals surface area contributed by atoms with Gasteiger partial charge in [-0.1, -0.05) is 40.2 Å². The fraction of sp³-hybridized carbons (Fsp3) is 0.250. The zero-order valence-corrected chi connectivity index (χ0v) is 15.6. The quantitative estimate of drug-likeness (QED) is 0.553. The summed E-state index contributed by atoms with van der Waals surface area (Å²) in [5.74, 6) is 0.873. The molecule has 0 aromatic heterocycles. The third-order valence-electron chi connectivity index (χ3n) is 3.96. The van der Waals surface area contributed by atoms with Gasteiger partial charge in [0.2, 0.25) is 0 Å². The molecule has 0 aliphatic carbocycles. The van der Waals surface area contributed by atoms with E-state index in [0.717, 1.165) is 41.0 Å². The summed E-state index contributed by atoms with van der Waals surface area (Å²) in [6, 6.07) is 14.6. The molecule has 0 amide bonds. The Morgan fingerprint density at radius 1 is 1.21 bits per heavy atom. The van der Waals surface area contributed by atoms with Crippen LogP contribution in [0.1, 0.15) is 23.6 Å². The van der Waals surface area contributed by atoms with E-state index < -0.39 is 0 Å². The van der Waals surface area contributed by atoms with Gasteiger partial charge >= 0.3 is 0 Å². The van der Waals surface area contributed by atoms with Gasteiger partial charge in [0, 0.05) is 29.2 Å². The van der Waals surface area contributed by atoms with Crippen LogP contribution in [0.15, 0.2) is 64.1 Å². The van der Waals surface area contributed by atoms with Gasteiger partial charge in [0.05, 0.1) is 12.3 Å². The van der Waals surface area contributed by atoms with Crippen molar-refractivity contribution in [1.29, 1.82) is 0 Å². The second kappa shape index (κ2) is 7.77. The van der Waals surface area contributed by atoms with Gasteiger partial charge < -0.3 is 4.84 Å². The fourth-order valence-corrected chi connectivity index (χ4v) is 3.03. The van der Waals surface area contributed by atoms with Gasteiger partial charge in [-0.15, -0.1) is 5.06 Å². The van der Waals surface area contributed by atoms with Crippen molar-refractivity contribution < 1.29 is 4.84 Å². The monoisotopic (exact) mass is 384 g/mol. The van der Waals surface area contributed by atoms with Crippen LogP contribution in [0.25, 0.3) is 0 Å². The van der Waals surface area contributed by atoms with Crippen molar-refractivity contribution in [3.8, 4) is 5.75 Å². The second-order valence-electron chi connectivity index (χ2n) is 5.78. The third-order valence-corrected chi connectivity index (χ3v) is 4.49. The van der Waals surface area contributed by atoms with Crippen LogP contribution in [0.5, 0.6) is 5.75 Å². The number of hydroxylamine groups is 2. The predicted molar refractivity (Wildman–Crippen MR) is 103 cm³/mol. The fourth-order valence-electron chi connectivity index (χ4n) is 2.76. The lowest BCUT2D eigenvalue weighted by Gasteiger charge is -2.20. The molecule has 0 unspecified atom stereocenters. The highest BCUT2D eigenvalue weighted by molar-refractivity contribution is 9.10. The number of halogens is 1. The molecule has 0 bridgehead atoms. The maximum absolute atomic E-state index is 5.88. The number of fused-ring (bicyclic) bond motifs is 1. The molecule has 2 aromatic rings. The SMILES string of the molecule is CC=CCN(C)Oc1ccc2c(c1)CCN=C2c1ccc(Br)cc1. The van der Waals surface area contributed by atoms with E-state index >= 15 is 0 Å². The highest BCUT2D eigenvalue weighted by atomic mass is 79.9. The van der Waals surface area contributed by atoms with E-state index in [4.69, 9.17) is 9.83 Å². The van der Waals surface area contributed by atoms with E-state index in [9.17, 15) is 0 Å². The van der Waals surface area contributed by atoms with Gasteiger partial charge in [0.1, 0.15) is 5.75 Å². The van der Waals surface area contributed by atoms with Crippen LogP contribution in [-0.2, 0) is 6.42 Å². The smallest absolute Gasteiger partial charge is 0.147 e. The number of benzene rings is 2. The van der Waals surface area contributed by atoms with Gasteiger partial charge in [-0.2, -0.15) is 0 Å². The topological polar surface area (TPSA) is 24.8 Å². The molecule has 0 saturated carbocycles. The largest absolute Gasteiger partial charge is 0.406 e. The molecule has 0 radical (unpaired) electrons. The molecule has 1 heterocycles. The summed E-state index contributed by atoms with van der Waals surface area (Å²) >= 11 is 3.49. The number of allylic oxidation sites excluding steroid dienone is 1. The maximum atomic E-state index is 5.88. The molecule has 0 spiro atoms. The van der Waals surface area contributed by atoms with Crippen LogP contribution < -0.4 is 4.84 Å². The average Bonchev–Trinajstić information content (AvgIpc) is 2.60. The summed E-state index contributed by atoms with van der Waals surface area (Å²) in [4.78, 5) is 10.6. The Bertz CT molecular complexity index is 766. The molecular formula is C20H21BrN2O. The molecule has 3 nitrogen and oxygen atoms in total. The molecule has 1 aliphatic heterocycles. The van der Waals surface area contributed by atoms with E-state index in [1.165, 1.54) is 11.1 Å². The van der Waals surface area contributed by atoms with E-state index in [0.29, 0.717) is 0 Å². The Morgan fingerprint density at radius 3 is 2.75 bits per heavy atom. The average molecular weight is 385 g/mol. The van der Waals surface area contributed by atoms with E-state index in [2.05, 4.69) is 58.4 Å². The predicted octanol–water partition coefficient (Wildman–Crippen LogP) is 4.64. The van der Waals surface area contributed by atoms with Crippen LogP contribution in [0.4, 0.5) is 0 Å². The van der Waals surface area contributed by atoms with Crippen LogP contribution in [0.2, 0.25) is 0 Å². The summed E-state index contributed by atoms with van der Waals surface area (Å²) in [5.41, 5.74) is 4.71. The van der Waals surface area contributed by atoms with Crippen LogP contribution in [0, 0.1) is 0 Å². The van der Waals surface area contributed by atoms with E-state index in [1.54, 1.807) is 0 Å². The van der Waals surface area contributed by atoms with Crippen molar-refractivity contribution in [2.45, 2.75) is 13.3 Å². The molecule has 2 aromatic carbocycles. The summed E-state index contributed by atoms with van der Waals surface area (Å²) in [6.45, 7) is 3.59. The molecule has 4 heteroatoms. The molecule has 3 rings (SSSR count). The Labute approximate surface area is 151 Å². The number of nitrogens with zero attached hydrogens (tertiary/aromatic N) is 2. The standard InChI is InChI=1S/C20H21BrN2O/c1-3-4-13-23(2)24-18-9-10-19-16(14-18)11-12-22-20(19)15-5-7-17(21)8-6-15/h3-10,14H,11-13H2,1-2H3. The number of hydrogen-bond acceptors (Lipinski definition) is 3. The highest BCUT2D eigenvalue weighted by Crippen LogP contribution is 2.26. The molecule has 0 saturated heterocycles. The van der Waals surface area contributed by atoms with Crippen molar-refractivity contribution in [2.75, 3.05) is 20.1 Å². The van der Waals surface area contributed by atoms with Crippen molar-refractivity contribution in [3.63, 3.8) is 0 Å². The van der Waals surface area contributed by atoms with Gasteiger partial charge in [0.15, 0.2) is 0 Å². The number of hydrogen-bond donors (Lipinski definition) is 0. The minimum absolute atomic E-state index is 0.763. The molecule has 0 N–H and O–H groups in total. The zero-order valence-electron chi connectivity index (χ0n) is 14.0.